The van der Waals surface area contributed by atoms with E-state index in [0.717, 1.165) is 10.4 Å². The number of rotatable bonds is 5. The smallest absolute Gasteiger partial charge is 0.330 e. The van der Waals surface area contributed by atoms with Gasteiger partial charge in [0.15, 0.2) is 6.04 Å². The van der Waals surface area contributed by atoms with Crippen LogP contribution >= 0.6 is 0 Å². The number of amides is 2. The van der Waals surface area contributed by atoms with Gasteiger partial charge in [-0.25, -0.2) is 14.8 Å². The molecule has 9 nitrogen and oxygen atoms in total. The number of hydrogen-bond donors (Lipinski definition) is 2. The second-order valence-electron chi connectivity index (χ2n) is 6.19. The van der Waals surface area contributed by atoms with E-state index in [9.17, 15) is 19.5 Å². The highest BCUT2D eigenvalue weighted by Crippen LogP contribution is 2.16. The van der Waals surface area contributed by atoms with Gasteiger partial charge < -0.3 is 15.2 Å². The van der Waals surface area contributed by atoms with Crippen LogP contribution in [0.4, 0.5) is 0 Å². The number of aromatic nitrogens is 1. The number of carbonyl (C=O) groups is 3. The first-order chi connectivity index (χ1) is 13.5. The van der Waals surface area contributed by atoms with Crippen LogP contribution < -0.4 is 5.32 Å². The maximum atomic E-state index is 12.7. The highest BCUT2D eigenvalue weighted by Gasteiger charge is 2.36. The first-order valence-corrected chi connectivity index (χ1v) is 8.76. The minimum atomic E-state index is -1.27. The molecule has 0 fully saturated rings. The fraction of sp³-hybridized carbons (Fsp3) is 0.316. The van der Waals surface area contributed by atoms with Crippen molar-refractivity contribution < 1.29 is 24.2 Å². The van der Waals surface area contributed by atoms with E-state index >= 15 is 0 Å². The molecule has 0 unspecified atom stereocenters. The van der Waals surface area contributed by atoms with Crippen LogP contribution in [0.15, 0.2) is 41.5 Å². The minimum absolute atomic E-state index is 0.108. The van der Waals surface area contributed by atoms with Gasteiger partial charge in [0.1, 0.15) is 11.7 Å². The highest BCUT2D eigenvalue weighted by atomic mass is 16.5. The van der Waals surface area contributed by atoms with Crippen LogP contribution in [-0.4, -0.2) is 64.9 Å². The SMILES string of the molecule is COC(=O)[C@@H]1CCC=NN1C(=O)[C@@H](CO)NC(=O)c1ccc2ccccc2n1. The van der Waals surface area contributed by atoms with Crippen molar-refractivity contribution in [1.29, 1.82) is 0 Å². The Bertz CT molecular complexity index is 929. The summed E-state index contributed by atoms with van der Waals surface area (Å²) < 4.78 is 4.71. The van der Waals surface area contributed by atoms with Crippen LogP contribution in [0.2, 0.25) is 0 Å². The number of para-hydroxylation sites is 1. The third kappa shape index (κ3) is 3.99. The molecule has 0 aliphatic carbocycles. The summed E-state index contributed by atoms with van der Waals surface area (Å²) in [4.78, 5) is 41.5. The first kappa shape index (κ1) is 19.4. The zero-order valence-electron chi connectivity index (χ0n) is 15.2. The lowest BCUT2D eigenvalue weighted by atomic mass is 10.1. The third-order valence-electron chi connectivity index (χ3n) is 4.39. The molecule has 2 amide bonds. The molecule has 1 aromatic carbocycles. The molecule has 1 aliphatic rings. The number of ether oxygens (including phenoxy) is 1. The predicted molar refractivity (Wildman–Crippen MR) is 100 cm³/mol. The summed E-state index contributed by atoms with van der Waals surface area (Å²) in [5.41, 5.74) is 0.741. The number of hydrazone groups is 1. The second-order valence-corrected chi connectivity index (χ2v) is 6.19. The topological polar surface area (TPSA) is 121 Å². The Kier molecular flexibility index (Phi) is 5.95. The van der Waals surface area contributed by atoms with Crippen molar-refractivity contribution in [1.82, 2.24) is 15.3 Å². The first-order valence-electron chi connectivity index (χ1n) is 8.76. The number of hydrogen-bond acceptors (Lipinski definition) is 7. The predicted octanol–water partition coefficient (Wildman–Crippen LogP) is 0.475. The number of aliphatic hydroxyl groups is 1. The van der Waals surface area contributed by atoms with Gasteiger partial charge in [-0.05, 0) is 25.0 Å². The van der Waals surface area contributed by atoms with Gasteiger partial charge >= 0.3 is 5.97 Å². The fourth-order valence-corrected chi connectivity index (χ4v) is 2.91. The molecule has 0 bridgehead atoms. The summed E-state index contributed by atoms with van der Waals surface area (Å²) in [7, 11) is 1.22. The van der Waals surface area contributed by atoms with Crippen molar-refractivity contribution in [2.75, 3.05) is 13.7 Å². The summed E-state index contributed by atoms with van der Waals surface area (Å²) >= 11 is 0. The third-order valence-corrected chi connectivity index (χ3v) is 4.39. The molecule has 2 N–H and O–H groups in total. The number of nitrogens with zero attached hydrogens (tertiary/aromatic N) is 3. The van der Waals surface area contributed by atoms with Gasteiger partial charge in [0.2, 0.25) is 0 Å². The Hall–Kier alpha value is -3.33. The zero-order valence-corrected chi connectivity index (χ0v) is 15.2. The summed E-state index contributed by atoms with van der Waals surface area (Å²) in [6, 6.07) is 8.41. The quantitative estimate of drug-likeness (QED) is 0.723. The molecular weight excluding hydrogens is 364 g/mol. The van der Waals surface area contributed by atoms with Gasteiger partial charge in [-0.1, -0.05) is 24.3 Å². The number of esters is 1. The normalized spacial score (nSPS) is 17.2. The van der Waals surface area contributed by atoms with Crippen molar-refractivity contribution in [3.05, 3.63) is 42.1 Å². The number of fused-ring (bicyclic) bond motifs is 1. The molecule has 2 heterocycles. The summed E-state index contributed by atoms with van der Waals surface area (Å²) in [5, 5.41) is 17.9. The van der Waals surface area contributed by atoms with Crippen LogP contribution in [0, 0.1) is 0 Å². The van der Waals surface area contributed by atoms with E-state index < -0.39 is 36.5 Å². The molecule has 1 aliphatic heterocycles. The van der Waals surface area contributed by atoms with E-state index in [1.165, 1.54) is 19.4 Å². The number of benzene rings is 1. The maximum Gasteiger partial charge on any atom is 0.330 e. The van der Waals surface area contributed by atoms with Gasteiger partial charge in [-0.3, -0.25) is 9.59 Å². The average molecular weight is 384 g/mol. The van der Waals surface area contributed by atoms with Crippen LogP contribution in [0.3, 0.4) is 0 Å². The number of methoxy groups -OCH3 is 1. The highest BCUT2D eigenvalue weighted by molar-refractivity contribution is 5.98. The Balaban J connectivity index is 1.77. The van der Waals surface area contributed by atoms with Gasteiger partial charge in [0.05, 0.1) is 19.2 Å². The number of nitrogens with one attached hydrogen (secondary N) is 1. The Labute approximate surface area is 161 Å². The van der Waals surface area contributed by atoms with E-state index in [0.29, 0.717) is 18.4 Å². The molecule has 28 heavy (non-hydrogen) atoms. The average Bonchev–Trinajstić information content (AvgIpc) is 2.75. The van der Waals surface area contributed by atoms with E-state index in [2.05, 4.69) is 15.4 Å². The molecule has 1 aromatic heterocycles. The van der Waals surface area contributed by atoms with Crippen LogP contribution in [-0.2, 0) is 14.3 Å². The Morgan fingerprint density at radius 3 is 2.82 bits per heavy atom. The number of pyridine rings is 1. The molecular formula is C19H20N4O5. The largest absolute Gasteiger partial charge is 0.467 e. The van der Waals surface area contributed by atoms with Crippen LogP contribution in [0.5, 0.6) is 0 Å². The Morgan fingerprint density at radius 1 is 1.29 bits per heavy atom. The lowest BCUT2D eigenvalue weighted by Gasteiger charge is -2.30. The fourth-order valence-electron chi connectivity index (χ4n) is 2.91. The standard InChI is InChI=1S/C19H20N4O5/c1-28-19(27)16-7-4-10-20-23(16)18(26)15(11-24)22-17(25)14-9-8-12-5-2-3-6-13(12)21-14/h2-3,5-6,8-10,15-16,24H,4,7,11H2,1H3,(H,22,25)/t15-,16+/m1/s1. The summed E-state index contributed by atoms with van der Waals surface area (Å²) in [6.07, 6.45) is 2.36. The molecule has 3 rings (SSSR count). The second kappa shape index (κ2) is 8.57. The Morgan fingerprint density at radius 2 is 2.07 bits per heavy atom. The molecule has 9 heteroatoms. The molecule has 2 aromatic rings. The van der Waals surface area contributed by atoms with Crippen molar-refractivity contribution in [3.8, 4) is 0 Å². The van der Waals surface area contributed by atoms with E-state index in [1.807, 2.05) is 12.1 Å². The molecule has 2 atom stereocenters. The van der Waals surface area contributed by atoms with Crippen LogP contribution in [0.1, 0.15) is 23.3 Å². The molecule has 0 spiro atoms. The van der Waals surface area contributed by atoms with Gasteiger partial charge in [0, 0.05) is 11.6 Å². The van der Waals surface area contributed by atoms with Crippen LogP contribution in [0.25, 0.3) is 10.9 Å². The summed E-state index contributed by atoms with van der Waals surface area (Å²) in [6.45, 7) is -0.655. The van der Waals surface area contributed by atoms with Gasteiger partial charge in [-0.2, -0.15) is 5.10 Å². The lowest BCUT2D eigenvalue weighted by molar-refractivity contribution is -0.154. The maximum absolute atomic E-state index is 12.7. The van der Waals surface area contributed by atoms with Crippen molar-refractivity contribution >= 4 is 34.9 Å². The number of aliphatic hydroxyl groups excluding tert-OH is 1. The van der Waals surface area contributed by atoms with E-state index in [-0.39, 0.29) is 5.69 Å². The molecule has 146 valence electrons. The van der Waals surface area contributed by atoms with Crippen molar-refractivity contribution in [3.63, 3.8) is 0 Å². The van der Waals surface area contributed by atoms with E-state index in [1.54, 1.807) is 18.2 Å². The van der Waals surface area contributed by atoms with E-state index in [4.69, 9.17) is 4.74 Å². The van der Waals surface area contributed by atoms with Gasteiger partial charge in [-0.15, -0.1) is 0 Å². The molecule has 0 radical (unpaired) electrons. The monoisotopic (exact) mass is 384 g/mol. The lowest BCUT2D eigenvalue weighted by Crippen LogP contribution is -2.54. The van der Waals surface area contributed by atoms with Crippen molar-refractivity contribution in [2.45, 2.75) is 24.9 Å². The zero-order chi connectivity index (χ0) is 20.1. The van der Waals surface area contributed by atoms with Gasteiger partial charge in [0.25, 0.3) is 11.8 Å². The number of carbonyl (C=O) groups excluding carboxylic acids is 3. The molecule has 0 saturated heterocycles. The molecule has 0 saturated carbocycles. The minimum Gasteiger partial charge on any atom is -0.467 e. The van der Waals surface area contributed by atoms with Crippen molar-refractivity contribution in [2.24, 2.45) is 5.10 Å². The summed E-state index contributed by atoms with van der Waals surface area (Å²) in [5.74, 6) is -1.93.